The molecule has 0 bridgehead atoms. The second-order valence-electron chi connectivity index (χ2n) is 8.47. The van der Waals surface area contributed by atoms with Crippen molar-refractivity contribution in [3.05, 3.63) is 0 Å². The van der Waals surface area contributed by atoms with Crippen LogP contribution < -0.4 is 5.32 Å². The highest BCUT2D eigenvalue weighted by molar-refractivity contribution is 6.38. The summed E-state index contributed by atoms with van der Waals surface area (Å²) < 4.78 is 0. The lowest BCUT2D eigenvalue weighted by molar-refractivity contribution is -0.158. The minimum Gasteiger partial charge on any atom is -0.355 e. The minimum absolute atomic E-state index is 0.0269. The van der Waals surface area contributed by atoms with Crippen molar-refractivity contribution in [1.29, 1.82) is 0 Å². The number of hydrogen-bond donors (Lipinski definition) is 1. The second-order valence-corrected chi connectivity index (χ2v) is 8.47. The summed E-state index contributed by atoms with van der Waals surface area (Å²) in [5.74, 6) is 1.32. The Balaban J connectivity index is 1.68. The maximum absolute atomic E-state index is 12.4. The number of fused-ring (bicyclic) bond motifs is 5. The lowest BCUT2D eigenvalue weighted by Crippen LogP contribution is -2.56. The molecule has 4 nitrogen and oxygen atoms in total. The molecule has 4 rings (SSSR count). The Bertz CT molecular complexity index is 571. The maximum atomic E-state index is 12.4. The van der Waals surface area contributed by atoms with E-state index in [2.05, 4.69) is 19.2 Å². The Kier molecular flexibility index (Phi) is 2.90. The van der Waals surface area contributed by atoms with Crippen molar-refractivity contribution < 1.29 is 14.4 Å². The van der Waals surface area contributed by atoms with Gasteiger partial charge in [-0.3, -0.25) is 14.4 Å². The monoisotopic (exact) mass is 303 g/mol. The van der Waals surface area contributed by atoms with E-state index < -0.39 is 0 Å². The molecule has 0 aromatic carbocycles. The molecule has 120 valence electrons. The molecule has 0 aromatic heterocycles. The van der Waals surface area contributed by atoms with Gasteiger partial charge in [0, 0.05) is 18.9 Å². The Morgan fingerprint density at radius 2 is 1.77 bits per heavy atom. The number of amides is 1. The van der Waals surface area contributed by atoms with E-state index in [4.69, 9.17) is 0 Å². The van der Waals surface area contributed by atoms with Gasteiger partial charge in [0.25, 0.3) is 0 Å². The molecule has 1 aliphatic heterocycles. The topological polar surface area (TPSA) is 63.2 Å². The molecule has 22 heavy (non-hydrogen) atoms. The lowest BCUT2D eigenvalue weighted by atomic mass is 9.45. The quantitative estimate of drug-likeness (QED) is 0.697. The van der Waals surface area contributed by atoms with Crippen LogP contribution in [-0.2, 0) is 14.4 Å². The summed E-state index contributed by atoms with van der Waals surface area (Å²) in [6.45, 7) is 5.16. The summed E-state index contributed by atoms with van der Waals surface area (Å²) in [5.41, 5.74) is -0.236. The molecule has 6 atom stereocenters. The predicted octanol–water partition coefficient (Wildman–Crippen LogP) is 2.11. The van der Waals surface area contributed by atoms with Crippen LogP contribution in [0.2, 0.25) is 0 Å². The molecule has 0 aromatic rings. The summed E-state index contributed by atoms with van der Waals surface area (Å²) in [5, 5.41) is 3.08. The zero-order valence-electron chi connectivity index (χ0n) is 13.5. The van der Waals surface area contributed by atoms with Crippen LogP contribution in [0.5, 0.6) is 0 Å². The molecule has 3 saturated carbocycles. The van der Waals surface area contributed by atoms with E-state index in [-0.39, 0.29) is 34.2 Å². The van der Waals surface area contributed by atoms with Crippen molar-refractivity contribution in [3.63, 3.8) is 0 Å². The van der Waals surface area contributed by atoms with E-state index in [0.29, 0.717) is 24.2 Å². The van der Waals surface area contributed by atoms with Gasteiger partial charge in [-0.05, 0) is 55.3 Å². The van der Waals surface area contributed by atoms with Gasteiger partial charge in [0.1, 0.15) is 0 Å². The van der Waals surface area contributed by atoms with E-state index in [9.17, 15) is 14.4 Å². The minimum atomic E-state index is -0.209. The summed E-state index contributed by atoms with van der Waals surface area (Å²) in [6, 6.07) is 0. The van der Waals surface area contributed by atoms with E-state index in [0.717, 1.165) is 38.6 Å². The fourth-order valence-corrected chi connectivity index (χ4v) is 6.33. The molecule has 4 fully saturated rings. The molecule has 4 aliphatic rings. The van der Waals surface area contributed by atoms with Gasteiger partial charge in [0.2, 0.25) is 11.7 Å². The zero-order valence-corrected chi connectivity index (χ0v) is 13.5. The third kappa shape index (κ3) is 1.61. The first-order chi connectivity index (χ1) is 10.4. The van der Waals surface area contributed by atoms with E-state index >= 15 is 0 Å². The van der Waals surface area contributed by atoms with Crippen molar-refractivity contribution in [3.8, 4) is 0 Å². The Hall–Kier alpha value is -1.19. The highest BCUT2D eigenvalue weighted by atomic mass is 16.2. The number of carbonyl (C=O) groups excluding carboxylic acids is 3. The fraction of sp³-hybridized carbons (Fsp3) is 0.833. The van der Waals surface area contributed by atoms with Gasteiger partial charge in [-0.1, -0.05) is 13.8 Å². The Morgan fingerprint density at radius 3 is 2.55 bits per heavy atom. The number of hydrogen-bond acceptors (Lipinski definition) is 3. The molecular formula is C18H25NO3. The van der Waals surface area contributed by atoms with Crippen molar-refractivity contribution in [2.75, 3.05) is 6.54 Å². The van der Waals surface area contributed by atoms with Gasteiger partial charge in [0.15, 0.2) is 5.78 Å². The van der Waals surface area contributed by atoms with E-state index in [1.165, 1.54) is 0 Å². The van der Waals surface area contributed by atoms with Gasteiger partial charge in [0.05, 0.1) is 5.41 Å². The van der Waals surface area contributed by atoms with Crippen LogP contribution in [-0.4, -0.2) is 24.0 Å². The standard InChI is InChI=1S/C18H25NO3/c1-17-8-6-14(20)15(21)12(17)4-3-10-11(17)5-7-18(2)13(10)9-19-16(18)22/h10-13H,3-9H2,1-2H3,(H,19,22)/t10-,11-,12?,13+,17-,18+/m1/s1. The van der Waals surface area contributed by atoms with Gasteiger partial charge in [-0.15, -0.1) is 0 Å². The average molecular weight is 303 g/mol. The summed E-state index contributed by atoms with van der Waals surface area (Å²) >= 11 is 0. The first kappa shape index (κ1) is 14.4. The molecule has 1 heterocycles. The second kappa shape index (κ2) is 4.42. The van der Waals surface area contributed by atoms with Crippen LogP contribution in [0.1, 0.15) is 52.4 Å². The van der Waals surface area contributed by atoms with Crippen LogP contribution in [0, 0.1) is 34.5 Å². The number of carbonyl (C=O) groups is 3. The normalized spacial score (nSPS) is 50.9. The SMILES string of the molecule is C[C@]12CCC(=O)C(=O)C1CC[C@@H]1[C@H]2CC[C@]2(C)C(=O)NC[C@@H]12. The summed E-state index contributed by atoms with van der Waals surface area (Å²) in [4.78, 5) is 36.4. The summed E-state index contributed by atoms with van der Waals surface area (Å²) in [7, 11) is 0. The summed E-state index contributed by atoms with van der Waals surface area (Å²) in [6.07, 6.45) is 5.07. The van der Waals surface area contributed by atoms with Crippen molar-refractivity contribution in [1.82, 2.24) is 5.32 Å². The molecule has 3 aliphatic carbocycles. The van der Waals surface area contributed by atoms with Gasteiger partial charge >= 0.3 is 0 Å². The smallest absolute Gasteiger partial charge is 0.226 e. The molecule has 1 amide bonds. The van der Waals surface area contributed by atoms with Crippen LogP contribution in [0.3, 0.4) is 0 Å². The molecule has 0 radical (unpaired) electrons. The highest BCUT2D eigenvalue weighted by Crippen LogP contribution is 2.62. The van der Waals surface area contributed by atoms with E-state index in [1.54, 1.807) is 0 Å². The molecular weight excluding hydrogens is 278 g/mol. The van der Waals surface area contributed by atoms with Crippen molar-refractivity contribution >= 4 is 17.5 Å². The molecule has 4 heteroatoms. The predicted molar refractivity (Wildman–Crippen MR) is 80.9 cm³/mol. The molecule has 0 spiro atoms. The first-order valence-corrected chi connectivity index (χ1v) is 8.73. The van der Waals surface area contributed by atoms with Crippen molar-refractivity contribution in [2.45, 2.75) is 52.4 Å². The van der Waals surface area contributed by atoms with Gasteiger partial charge < -0.3 is 5.32 Å². The van der Waals surface area contributed by atoms with Gasteiger partial charge in [-0.25, -0.2) is 0 Å². The molecule has 1 unspecified atom stereocenters. The number of ketones is 2. The number of nitrogens with one attached hydrogen (secondary N) is 1. The van der Waals surface area contributed by atoms with Crippen LogP contribution in [0.15, 0.2) is 0 Å². The number of Topliss-reactive ketones (excluding diaryl/α,β-unsaturated/α-hetero) is 2. The lowest BCUT2D eigenvalue weighted by Gasteiger charge is -2.58. The van der Waals surface area contributed by atoms with Crippen LogP contribution in [0.4, 0.5) is 0 Å². The van der Waals surface area contributed by atoms with Crippen LogP contribution in [0.25, 0.3) is 0 Å². The molecule has 1 N–H and O–H groups in total. The number of rotatable bonds is 0. The third-order valence-corrected chi connectivity index (χ3v) is 7.74. The Morgan fingerprint density at radius 1 is 1.00 bits per heavy atom. The zero-order chi connectivity index (χ0) is 15.7. The van der Waals surface area contributed by atoms with Crippen molar-refractivity contribution in [2.24, 2.45) is 34.5 Å². The largest absolute Gasteiger partial charge is 0.355 e. The first-order valence-electron chi connectivity index (χ1n) is 8.73. The van der Waals surface area contributed by atoms with Gasteiger partial charge in [-0.2, -0.15) is 0 Å². The Labute approximate surface area is 131 Å². The van der Waals surface area contributed by atoms with Crippen LogP contribution >= 0.6 is 0 Å². The molecule has 1 saturated heterocycles. The third-order valence-electron chi connectivity index (χ3n) is 7.74. The fourth-order valence-electron chi connectivity index (χ4n) is 6.33. The average Bonchev–Trinajstić information content (AvgIpc) is 2.79. The van der Waals surface area contributed by atoms with E-state index in [1.807, 2.05) is 0 Å². The maximum Gasteiger partial charge on any atom is 0.226 e. The highest BCUT2D eigenvalue weighted by Gasteiger charge is 2.62.